The summed E-state index contributed by atoms with van der Waals surface area (Å²) in [7, 11) is 0. The zero-order valence-electron chi connectivity index (χ0n) is 39.3. The minimum absolute atomic E-state index is 0.00821. The van der Waals surface area contributed by atoms with E-state index in [1.165, 1.54) is 11.0 Å². The number of rotatable bonds is 13. The van der Waals surface area contributed by atoms with Crippen molar-refractivity contribution < 1.29 is 39.0 Å². The van der Waals surface area contributed by atoms with Crippen molar-refractivity contribution in [2.75, 3.05) is 13.1 Å². The number of unbranched alkanes of at least 4 members (excludes halogenated alkanes) is 1. The molecule has 0 aliphatic carbocycles. The second-order valence-electron chi connectivity index (χ2n) is 18.3. The molecule has 8 rings (SSSR count). The van der Waals surface area contributed by atoms with Gasteiger partial charge in [0.25, 0.3) is 0 Å². The number of nitrogens with one attached hydrogen (secondary N) is 6. The Hall–Kier alpha value is -7.82. The van der Waals surface area contributed by atoms with Crippen LogP contribution in [0.25, 0.3) is 22.0 Å². The number of aliphatic hydroxyl groups excluding tert-OH is 1. The Bertz CT molecular complexity index is 2820. The van der Waals surface area contributed by atoms with Crippen LogP contribution < -0.4 is 32.3 Å². The first-order valence-corrected chi connectivity index (χ1v) is 24.1. The van der Waals surface area contributed by atoms with Gasteiger partial charge in [0, 0.05) is 55.7 Å². The Kier molecular flexibility index (Phi) is 16.2. The van der Waals surface area contributed by atoms with Gasteiger partial charge in [0.2, 0.25) is 35.4 Å². The molecule has 1 aromatic heterocycles. The average molecular weight is 961 g/mol. The lowest BCUT2D eigenvalue weighted by molar-refractivity contribution is -0.143. The molecule has 7 atom stereocenters. The highest BCUT2D eigenvalue weighted by molar-refractivity contribution is 5.99. The zero-order chi connectivity index (χ0) is 49.9. The van der Waals surface area contributed by atoms with Crippen LogP contribution in [0.5, 0.6) is 5.75 Å². The number of nitrogens with zero attached hydrogens (tertiary/aromatic N) is 1. The number of H-pyrrole nitrogens is 1. The highest BCUT2D eigenvalue weighted by atomic mass is 16.3. The lowest BCUT2D eigenvalue weighted by atomic mass is 9.94. The van der Waals surface area contributed by atoms with Gasteiger partial charge in [-0.1, -0.05) is 115 Å². The minimum Gasteiger partial charge on any atom is -0.508 e. The topological polar surface area (TPSA) is 248 Å². The van der Waals surface area contributed by atoms with E-state index in [0.29, 0.717) is 47.2 Å². The number of para-hydroxylation sites is 1. The van der Waals surface area contributed by atoms with Gasteiger partial charge >= 0.3 is 0 Å². The second-order valence-corrected chi connectivity index (χ2v) is 18.3. The fraction of sp³-hybridized carbons (Fsp3) is 0.309. The van der Waals surface area contributed by atoms with E-state index >= 15 is 4.79 Å². The van der Waals surface area contributed by atoms with E-state index < -0.39 is 77.8 Å². The number of carbonyl (C=O) groups is 6. The number of aromatic hydroxyl groups is 1. The number of fused-ring (bicyclic) bond motifs is 2. The number of aromatic amines is 1. The second kappa shape index (κ2) is 23.2. The fourth-order valence-corrected chi connectivity index (χ4v) is 9.52. The molecule has 0 spiro atoms. The first-order valence-electron chi connectivity index (χ1n) is 24.1. The number of aliphatic hydroxyl groups is 1. The van der Waals surface area contributed by atoms with Crippen LogP contribution in [0, 0.1) is 0 Å². The third-order valence-corrected chi connectivity index (χ3v) is 13.2. The molecule has 2 aliphatic heterocycles. The van der Waals surface area contributed by atoms with Gasteiger partial charge in [-0.2, -0.15) is 0 Å². The fourth-order valence-electron chi connectivity index (χ4n) is 9.52. The molecule has 0 radical (unpaired) electrons. The predicted octanol–water partition coefficient (Wildman–Crippen LogP) is 3.34. The van der Waals surface area contributed by atoms with Gasteiger partial charge in [-0.25, -0.2) is 0 Å². The number of hydrogen-bond donors (Lipinski definition) is 9. The molecule has 0 bridgehead atoms. The average Bonchev–Trinajstić information content (AvgIpc) is 3.99. The molecule has 6 aromatic rings. The van der Waals surface area contributed by atoms with Crippen molar-refractivity contribution in [3.05, 3.63) is 162 Å². The molecular formula is C55H60N8O8. The lowest BCUT2D eigenvalue weighted by Gasteiger charge is -2.32. The van der Waals surface area contributed by atoms with Crippen molar-refractivity contribution in [2.45, 2.75) is 93.7 Å². The summed E-state index contributed by atoms with van der Waals surface area (Å²) in [6.07, 6.45) is 1.40. The summed E-state index contributed by atoms with van der Waals surface area (Å²) in [6, 6.07) is 31.7. The van der Waals surface area contributed by atoms with E-state index in [4.69, 9.17) is 5.73 Å². The molecule has 0 unspecified atom stereocenters. The van der Waals surface area contributed by atoms with Crippen LogP contribution in [0.3, 0.4) is 0 Å². The number of hydrogen-bond acceptors (Lipinski definition) is 9. The molecule has 0 saturated carbocycles. The number of amides is 6. The van der Waals surface area contributed by atoms with Crippen LogP contribution in [0.15, 0.2) is 140 Å². The molecule has 2 saturated heterocycles. The third kappa shape index (κ3) is 12.5. The summed E-state index contributed by atoms with van der Waals surface area (Å²) in [5.74, 6) is -4.20. The Morgan fingerprint density at radius 2 is 1.07 bits per heavy atom. The number of phenolic OH excluding ortho intramolecular Hbond substituents is 1. The summed E-state index contributed by atoms with van der Waals surface area (Å²) >= 11 is 0. The van der Waals surface area contributed by atoms with Gasteiger partial charge in [-0.3, -0.25) is 28.8 Å². The molecule has 368 valence electrons. The number of carbonyl (C=O) groups excluding carboxylic acids is 6. The molecule has 10 N–H and O–H groups in total. The van der Waals surface area contributed by atoms with E-state index in [1.807, 2.05) is 66.7 Å². The maximum atomic E-state index is 15.0. The summed E-state index contributed by atoms with van der Waals surface area (Å²) in [4.78, 5) is 93.5. The SMILES string of the molecule is NCCCC[C@@H]1NC(=O)[C@@H](Cc2c[nH]c3ccccc23)NC(=O)[C@H](Cc2ccccc2)NC(=O)[C@@H]2C[C@@H](O)CN2C(=O)[C@H](Cc2ccccc2)NC(=O)[C@H](Cc2ccc(O)cc2-c2ccccc2)NC1=O. The van der Waals surface area contributed by atoms with Crippen molar-refractivity contribution in [3.8, 4) is 16.9 Å². The van der Waals surface area contributed by atoms with Gasteiger partial charge in [-0.15, -0.1) is 0 Å². The Labute approximate surface area is 411 Å². The van der Waals surface area contributed by atoms with E-state index in [9.17, 15) is 34.2 Å². The van der Waals surface area contributed by atoms with Crippen molar-refractivity contribution >= 4 is 46.3 Å². The maximum absolute atomic E-state index is 15.0. The van der Waals surface area contributed by atoms with E-state index in [1.54, 1.807) is 66.9 Å². The predicted molar refractivity (Wildman–Crippen MR) is 268 cm³/mol. The van der Waals surface area contributed by atoms with Gasteiger partial charge in [0.1, 0.15) is 42.0 Å². The Morgan fingerprint density at radius 1 is 0.549 bits per heavy atom. The normalized spacial score (nSPS) is 22.6. The molecular weight excluding hydrogens is 901 g/mol. The number of phenols is 1. The number of benzene rings is 5. The van der Waals surface area contributed by atoms with Gasteiger partial charge in [0.15, 0.2) is 0 Å². The molecule has 6 amide bonds. The molecule has 16 heteroatoms. The third-order valence-electron chi connectivity index (χ3n) is 13.2. The monoisotopic (exact) mass is 960 g/mol. The number of nitrogens with two attached hydrogens (primary N) is 1. The lowest BCUT2D eigenvalue weighted by Crippen LogP contribution is -2.62. The van der Waals surface area contributed by atoms with Crippen LogP contribution in [0.2, 0.25) is 0 Å². The Balaban J connectivity index is 1.22. The first-order chi connectivity index (χ1) is 34.4. The molecule has 71 heavy (non-hydrogen) atoms. The molecule has 16 nitrogen and oxygen atoms in total. The summed E-state index contributed by atoms with van der Waals surface area (Å²) in [5.41, 5.74) is 10.7. The molecule has 2 aliphatic rings. The van der Waals surface area contributed by atoms with Gasteiger partial charge in [0.05, 0.1) is 6.10 Å². The van der Waals surface area contributed by atoms with Crippen LogP contribution in [-0.2, 0) is 54.5 Å². The molecule has 5 aromatic carbocycles. The standard InChI is InChI=1S/C55H60N8O8/c56-25-13-12-22-44-50(66)59-46(28-37-23-24-39(64)30-42(37)36-18-8-3-9-19-36)53(69)62-48(27-35-16-6-2-7-17-35)55(71)63-33-40(65)31-49(63)54(70)61-45(26-34-14-4-1-5-15-34)51(67)60-47(52(68)58-44)29-38-32-57-43-21-11-10-20-41(38)43/h1-11,14-21,23-24,30,32,40,44-49,57,64-65H,12-13,22,25-29,31,33,56H2,(H,58,68)(H,59,66)(H,60,67)(H,61,70)(H,62,69)/t40-,44+,45+,46+,47-,48+,49+/m1/s1. The van der Waals surface area contributed by atoms with Crippen molar-refractivity contribution in [1.29, 1.82) is 0 Å². The quantitative estimate of drug-likeness (QED) is 0.0770. The van der Waals surface area contributed by atoms with Crippen LogP contribution in [0.4, 0.5) is 0 Å². The summed E-state index contributed by atoms with van der Waals surface area (Å²) < 4.78 is 0. The number of aromatic nitrogens is 1. The summed E-state index contributed by atoms with van der Waals surface area (Å²) in [5, 5.41) is 37.1. The van der Waals surface area contributed by atoms with Crippen LogP contribution >= 0.6 is 0 Å². The maximum Gasteiger partial charge on any atom is 0.246 e. The Morgan fingerprint density at radius 3 is 1.72 bits per heavy atom. The van der Waals surface area contributed by atoms with E-state index in [2.05, 4.69) is 31.6 Å². The largest absolute Gasteiger partial charge is 0.508 e. The first kappa shape index (κ1) is 49.6. The molecule has 2 fully saturated rings. The van der Waals surface area contributed by atoms with E-state index in [-0.39, 0.29) is 50.8 Å². The van der Waals surface area contributed by atoms with Gasteiger partial charge in [-0.05, 0) is 77.4 Å². The van der Waals surface area contributed by atoms with E-state index in [0.717, 1.165) is 16.5 Å². The van der Waals surface area contributed by atoms with Crippen LogP contribution in [-0.4, -0.2) is 111 Å². The van der Waals surface area contributed by atoms with Crippen molar-refractivity contribution in [3.63, 3.8) is 0 Å². The van der Waals surface area contributed by atoms with Crippen molar-refractivity contribution in [1.82, 2.24) is 36.5 Å². The highest BCUT2D eigenvalue weighted by Gasteiger charge is 2.43. The van der Waals surface area contributed by atoms with Crippen molar-refractivity contribution in [2.24, 2.45) is 5.73 Å². The van der Waals surface area contributed by atoms with Crippen LogP contribution in [0.1, 0.15) is 47.9 Å². The molecule has 3 heterocycles. The highest BCUT2D eigenvalue weighted by Crippen LogP contribution is 2.29. The minimum atomic E-state index is -1.36. The smallest absolute Gasteiger partial charge is 0.246 e. The summed E-state index contributed by atoms with van der Waals surface area (Å²) in [6.45, 7) is 0.0784. The zero-order valence-corrected chi connectivity index (χ0v) is 39.3. The van der Waals surface area contributed by atoms with Gasteiger partial charge < -0.3 is 52.4 Å².